The van der Waals surface area contributed by atoms with Gasteiger partial charge in [-0.05, 0) is 26.0 Å². The Bertz CT molecular complexity index is 366. The number of hydrogen-bond donors (Lipinski definition) is 2. The topological polar surface area (TPSA) is 50.5 Å². The Kier molecular flexibility index (Phi) is 4.72. The molecule has 0 saturated carbocycles. The first-order valence-corrected chi connectivity index (χ1v) is 6.51. The van der Waals surface area contributed by atoms with E-state index in [0.29, 0.717) is 0 Å². The van der Waals surface area contributed by atoms with Gasteiger partial charge in [-0.1, -0.05) is 29.8 Å². The SMILES string of the molecule is Cc1ccc(CC(NN)C2CN(C)CCO2)cc1. The zero-order valence-corrected chi connectivity index (χ0v) is 11.2. The van der Waals surface area contributed by atoms with Crippen molar-refractivity contribution in [2.75, 3.05) is 26.7 Å². The summed E-state index contributed by atoms with van der Waals surface area (Å²) in [6.45, 7) is 4.81. The Hall–Kier alpha value is -0.940. The molecule has 1 saturated heterocycles. The minimum Gasteiger partial charge on any atom is -0.374 e. The van der Waals surface area contributed by atoms with E-state index in [9.17, 15) is 0 Å². The van der Waals surface area contributed by atoms with Crippen molar-refractivity contribution in [3.8, 4) is 0 Å². The number of hydrazine groups is 1. The Morgan fingerprint density at radius 3 is 2.78 bits per heavy atom. The Morgan fingerprint density at radius 1 is 1.44 bits per heavy atom. The summed E-state index contributed by atoms with van der Waals surface area (Å²) in [7, 11) is 2.12. The van der Waals surface area contributed by atoms with Gasteiger partial charge in [0.15, 0.2) is 0 Å². The van der Waals surface area contributed by atoms with Crippen LogP contribution in [0, 0.1) is 6.92 Å². The maximum Gasteiger partial charge on any atom is 0.0871 e. The van der Waals surface area contributed by atoms with Gasteiger partial charge in [0.05, 0.1) is 18.8 Å². The fraction of sp³-hybridized carbons (Fsp3) is 0.571. The van der Waals surface area contributed by atoms with Gasteiger partial charge in [-0.2, -0.15) is 0 Å². The zero-order chi connectivity index (χ0) is 13.0. The molecule has 0 spiro atoms. The van der Waals surface area contributed by atoms with Crippen LogP contribution in [0.5, 0.6) is 0 Å². The standard InChI is InChI=1S/C14H23N3O/c1-11-3-5-12(6-4-11)9-13(16-15)14-10-17(2)7-8-18-14/h3-6,13-14,16H,7-10,15H2,1-2H3. The highest BCUT2D eigenvalue weighted by molar-refractivity contribution is 5.22. The number of nitrogens with two attached hydrogens (primary N) is 1. The summed E-state index contributed by atoms with van der Waals surface area (Å²) in [4.78, 5) is 2.29. The van der Waals surface area contributed by atoms with Crippen LogP contribution in [-0.2, 0) is 11.2 Å². The first-order valence-electron chi connectivity index (χ1n) is 6.51. The van der Waals surface area contributed by atoms with Crippen molar-refractivity contribution >= 4 is 0 Å². The van der Waals surface area contributed by atoms with Gasteiger partial charge in [0.25, 0.3) is 0 Å². The highest BCUT2D eigenvalue weighted by atomic mass is 16.5. The minimum absolute atomic E-state index is 0.162. The molecule has 18 heavy (non-hydrogen) atoms. The molecule has 0 aromatic heterocycles. The van der Waals surface area contributed by atoms with E-state index in [-0.39, 0.29) is 12.1 Å². The number of likely N-dealkylation sites (N-methyl/N-ethyl adjacent to an activating group) is 1. The predicted octanol–water partition coefficient (Wildman–Crippen LogP) is 0.700. The molecular formula is C14H23N3O. The normalized spacial score (nSPS) is 22.9. The molecule has 2 atom stereocenters. The van der Waals surface area contributed by atoms with E-state index in [4.69, 9.17) is 10.6 Å². The molecule has 4 heteroatoms. The van der Waals surface area contributed by atoms with Crippen molar-refractivity contribution in [2.45, 2.75) is 25.5 Å². The van der Waals surface area contributed by atoms with Crippen LogP contribution in [0.3, 0.4) is 0 Å². The fourth-order valence-electron chi connectivity index (χ4n) is 2.33. The van der Waals surface area contributed by atoms with Crippen molar-refractivity contribution in [1.82, 2.24) is 10.3 Å². The Morgan fingerprint density at radius 2 is 2.17 bits per heavy atom. The molecule has 1 fully saturated rings. The summed E-state index contributed by atoms with van der Waals surface area (Å²) in [5.74, 6) is 5.68. The van der Waals surface area contributed by atoms with Crippen LogP contribution >= 0.6 is 0 Å². The number of hydrogen-bond acceptors (Lipinski definition) is 4. The minimum atomic E-state index is 0.162. The second-order valence-electron chi connectivity index (χ2n) is 5.13. The molecule has 2 unspecified atom stereocenters. The molecule has 1 aliphatic rings. The number of benzene rings is 1. The lowest BCUT2D eigenvalue weighted by atomic mass is 10.00. The second-order valence-corrected chi connectivity index (χ2v) is 5.13. The number of ether oxygens (including phenoxy) is 1. The van der Waals surface area contributed by atoms with Gasteiger partial charge in [0.1, 0.15) is 0 Å². The van der Waals surface area contributed by atoms with Gasteiger partial charge < -0.3 is 9.64 Å². The molecule has 1 aliphatic heterocycles. The molecular weight excluding hydrogens is 226 g/mol. The number of rotatable bonds is 4. The van der Waals surface area contributed by atoms with Gasteiger partial charge >= 0.3 is 0 Å². The molecule has 3 N–H and O–H groups in total. The first kappa shape index (κ1) is 13.5. The highest BCUT2D eigenvalue weighted by Gasteiger charge is 2.26. The molecule has 0 radical (unpaired) electrons. The molecule has 0 bridgehead atoms. The number of aryl methyl sites for hydroxylation is 1. The lowest BCUT2D eigenvalue weighted by Gasteiger charge is -2.35. The van der Waals surface area contributed by atoms with Crippen LogP contribution in [0.4, 0.5) is 0 Å². The van der Waals surface area contributed by atoms with E-state index < -0.39 is 0 Å². The van der Waals surface area contributed by atoms with E-state index >= 15 is 0 Å². The van der Waals surface area contributed by atoms with Crippen molar-refractivity contribution in [1.29, 1.82) is 0 Å². The van der Waals surface area contributed by atoms with Gasteiger partial charge in [0, 0.05) is 13.1 Å². The third kappa shape index (κ3) is 3.53. The van der Waals surface area contributed by atoms with Crippen molar-refractivity contribution < 1.29 is 4.74 Å². The third-order valence-corrected chi connectivity index (χ3v) is 3.54. The summed E-state index contributed by atoms with van der Waals surface area (Å²) in [6.07, 6.45) is 1.06. The lowest BCUT2D eigenvalue weighted by molar-refractivity contribution is -0.0384. The maximum absolute atomic E-state index is 5.81. The zero-order valence-electron chi connectivity index (χ0n) is 11.2. The van der Waals surface area contributed by atoms with E-state index in [1.807, 2.05) is 0 Å². The third-order valence-electron chi connectivity index (χ3n) is 3.54. The lowest BCUT2D eigenvalue weighted by Crippen LogP contribution is -2.54. The molecule has 1 aromatic carbocycles. The molecule has 1 aromatic rings. The molecule has 2 rings (SSSR count). The molecule has 0 aliphatic carbocycles. The Balaban J connectivity index is 1.98. The predicted molar refractivity (Wildman–Crippen MR) is 73.2 cm³/mol. The number of nitrogens with zero attached hydrogens (tertiary/aromatic N) is 1. The number of nitrogens with one attached hydrogen (secondary N) is 1. The largest absolute Gasteiger partial charge is 0.374 e. The first-order chi connectivity index (χ1) is 8.69. The summed E-state index contributed by atoms with van der Waals surface area (Å²) >= 11 is 0. The average molecular weight is 249 g/mol. The summed E-state index contributed by atoms with van der Waals surface area (Å²) < 4.78 is 5.81. The molecule has 100 valence electrons. The average Bonchev–Trinajstić information content (AvgIpc) is 2.38. The van der Waals surface area contributed by atoms with Crippen LogP contribution in [0.1, 0.15) is 11.1 Å². The van der Waals surface area contributed by atoms with Gasteiger partial charge in [-0.25, -0.2) is 0 Å². The van der Waals surface area contributed by atoms with Crippen molar-refractivity contribution in [2.24, 2.45) is 5.84 Å². The Labute approximate surface area is 109 Å². The fourth-order valence-corrected chi connectivity index (χ4v) is 2.33. The van der Waals surface area contributed by atoms with Crippen LogP contribution < -0.4 is 11.3 Å². The van der Waals surface area contributed by atoms with Crippen LogP contribution in [0.15, 0.2) is 24.3 Å². The number of morpholine rings is 1. The van der Waals surface area contributed by atoms with Crippen LogP contribution in [0.2, 0.25) is 0 Å². The van der Waals surface area contributed by atoms with E-state index in [1.165, 1.54) is 11.1 Å². The molecule has 0 amide bonds. The van der Waals surface area contributed by atoms with Gasteiger partial charge in [-0.15, -0.1) is 0 Å². The monoisotopic (exact) mass is 249 g/mol. The molecule has 4 nitrogen and oxygen atoms in total. The van der Waals surface area contributed by atoms with Gasteiger partial charge in [-0.3, -0.25) is 11.3 Å². The second kappa shape index (κ2) is 6.29. The van der Waals surface area contributed by atoms with E-state index in [2.05, 4.69) is 48.6 Å². The van der Waals surface area contributed by atoms with E-state index in [1.54, 1.807) is 0 Å². The van der Waals surface area contributed by atoms with Crippen molar-refractivity contribution in [3.05, 3.63) is 35.4 Å². The summed E-state index contributed by atoms with van der Waals surface area (Å²) in [5.41, 5.74) is 5.48. The highest BCUT2D eigenvalue weighted by Crippen LogP contribution is 2.13. The van der Waals surface area contributed by atoms with Crippen LogP contribution in [-0.4, -0.2) is 43.8 Å². The summed E-state index contributed by atoms with van der Waals surface area (Å²) in [5, 5.41) is 0. The molecule has 1 heterocycles. The quantitative estimate of drug-likeness (QED) is 0.609. The van der Waals surface area contributed by atoms with E-state index in [0.717, 1.165) is 26.1 Å². The smallest absolute Gasteiger partial charge is 0.0871 e. The van der Waals surface area contributed by atoms with Gasteiger partial charge in [0.2, 0.25) is 0 Å². The summed E-state index contributed by atoms with van der Waals surface area (Å²) in [6, 6.07) is 8.75. The van der Waals surface area contributed by atoms with Crippen LogP contribution in [0.25, 0.3) is 0 Å². The maximum atomic E-state index is 5.81. The van der Waals surface area contributed by atoms with Crippen molar-refractivity contribution in [3.63, 3.8) is 0 Å².